The molecule has 3 amide bonds. The monoisotopic (exact) mass is 360 g/mol. The van der Waals surface area contributed by atoms with Crippen molar-refractivity contribution >= 4 is 17.7 Å². The molecule has 2 aromatic rings. The van der Waals surface area contributed by atoms with E-state index in [0.29, 0.717) is 26.9 Å². The van der Waals surface area contributed by atoms with Gasteiger partial charge in [-0.05, 0) is 23.6 Å². The summed E-state index contributed by atoms with van der Waals surface area (Å²) < 4.78 is 26.1. The van der Waals surface area contributed by atoms with Crippen LogP contribution in [0.3, 0.4) is 0 Å². The Morgan fingerprint density at radius 2 is 1.96 bits per heavy atom. The van der Waals surface area contributed by atoms with Crippen molar-refractivity contribution in [2.45, 2.75) is 32.0 Å². The first-order valence-electron chi connectivity index (χ1n) is 8.05. The Morgan fingerprint density at radius 1 is 1.19 bits per heavy atom. The molecule has 0 saturated carbocycles. The molecule has 1 unspecified atom stereocenters. The van der Waals surface area contributed by atoms with E-state index in [2.05, 4.69) is 10.4 Å². The largest absolute Gasteiger partial charge is 0.333 e. The molecule has 1 aromatic heterocycles. The van der Waals surface area contributed by atoms with Crippen molar-refractivity contribution in [3.8, 4) is 11.1 Å². The molecule has 0 bridgehead atoms. The van der Waals surface area contributed by atoms with E-state index in [0.717, 1.165) is 0 Å². The lowest BCUT2D eigenvalue weighted by molar-refractivity contribution is -0.136. The zero-order chi connectivity index (χ0) is 18.4. The molecule has 0 aliphatic carbocycles. The van der Waals surface area contributed by atoms with Gasteiger partial charge in [-0.15, -0.1) is 0 Å². The van der Waals surface area contributed by atoms with Gasteiger partial charge in [0.05, 0.1) is 6.20 Å². The van der Waals surface area contributed by atoms with Crippen molar-refractivity contribution in [2.24, 2.45) is 0 Å². The number of imide groups is 1. The topological polar surface area (TPSA) is 84.3 Å². The van der Waals surface area contributed by atoms with Crippen LogP contribution in [0.5, 0.6) is 0 Å². The molecule has 134 valence electrons. The minimum Gasteiger partial charge on any atom is -0.322 e. The van der Waals surface area contributed by atoms with Crippen molar-refractivity contribution in [1.82, 2.24) is 20.0 Å². The molecule has 0 radical (unpaired) electrons. The van der Waals surface area contributed by atoms with E-state index in [-0.39, 0.29) is 31.2 Å². The van der Waals surface area contributed by atoms with Gasteiger partial charge in [0.25, 0.3) is 5.91 Å². The number of carbonyl (C=O) groups is 3. The van der Waals surface area contributed by atoms with Gasteiger partial charge in [0.2, 0.25) is 11.8 Å². The Balaban J connectivity index is 1.68. The standard InChI is InChI=1S/C17H14F2N4O3/c18-17(19)23-7-9(6-20-23)10-2-1-3-11-12(10)8-22(16(11)26)13-4-5-14(24)21-15(13)25/h1-3,6-7,13,17H,4-5,8H2,(H,21,24,25). The highest BCUT2D eigenvalue weighted by Gasteiger charge is 2.39. The number of alkyl halides is 2. The molecule has 9 heteroatoms. The molecule has 26 heavy (non-hydrogen) atoms. The quantitative estimate of drug-likeness (QED) is 0.845. The van der Waals surface area contributed by atoms with Gasteiger partial charge in [-0.1, -0.05) is 12.1 Å². The van der Waals surface area contributed by atoms with Gasteiger partial charge in [0.1, 0.15) is 6.04 Å². The molecular formula is C17H14F2N4O3. The van der Waals surface area contributed by atoms with Crippen molar-refractivity contribution in [1.29, 1.82) is 0 Å². The highest BCUT2D eigenvalue weighted by atomic mass is 19.3. The number of nitrogens with one attached hydrogen (secondary N) is 1. The second-order valence-corrected chi connectivity index (χ2v) is 6.22. The van der Waals surface area contributed by atoms with Crippen molar-refractivity contribution in [2.75, 3.05) is 0 Å². The smallest absolute Gasteiger partial charge is 0.322 e. The summed E-state index contributed by atoms with van der Waals surface area (Å²) in [5.41, 5.74) is 2.19. The summed E-state index contributed by atoms with van der Waals surface area (Å²) in [4.78, 5) is 37.6. The molecule has 2 aliphatic heterocycles. The number of rotatable bonds is 3. The number of amides is 3. The number of fused-ring (bicyclic) bond motifs is 1. The van der Waals surface area contributed by atoms with E-state index in [1.807, 2.05) is 0 Å². The number of halogens is 2. The van der Waals surface area contributed by atoms with Gasteiger partial charge in [0.15, 0.2) is 0 Å². The molecule has 1 fully saturated rings. The Morgan fingerprint density at radius 3 is 2.65 bits per heavy atom. The number of aromatic nitrogens is 2. The third-order valence-electron chi connectivity index (χ3n) is 4.69. The first kappa shape index (κ1) is 16.4. The number of benzene rings is 1. The van der Waals surface area contributed by atoms with Gasteiger partial charge in [-0.25, -0.2) is 4.68 Å². The van der Waals surface area contributed by atoms with Crippen LogP contribution in [0.25, 0.3) is 11.1 Å². The fraction of sp³-hybridized carbons (Fsp3) is 0.294. The normalized spacial score (nSPS) is 19.9. The summed E-state index contributed by atoms with van der Waals surface area (Å²) in [6.07, 6.45) is 2.98. The maximum atomic E-state index is 12.8. The van der Waals surface area contributed by atoms with E-state index in [4.69, 9.17) is 0 Å². The average Bonchev–Trinajstić information content (AvgIpc) is 3.21. The lowest BCUT2D eigenvalue weighted by atomic mass is 9.99. The predicted molar refractivity (Wildman–Crippen MR) is 85.0 cm³/mol. The molecule has 1 saturated heterocycles. The molecule has 3 heterocycles. The van der Waals surface area contributed by atoms with Crippen LogP contribution in [-0.2, 0) is 16.1 Å². The molecular weight excluding hydrogens is 346 g/mol. The van der Waals surface area contributed by atoms with E-state index in [1.54, 1.807) is 18.2 Å². The number of piperidine rings is 1. The molecule has 1 N–H and O–H groups in total. The zero-order valence-corrected chi connectivity index (χ0v) is 13.5. The first-order valence-corrected chi connectivity index (χ1v) is 8.05. The van der Waals surface area contributed by atoms with Crippen LogP contribution in [0.2, 0.25) is 0 Å². The Hall–Kier alpha value is -3.10. The minimum absolute atomic E-state index is 0.171. The summed E-state index contributed by atoms with van der Waals surface area (Å²) in [7, 11) is 0. The van der Waals surface area contributed by atoms with Gasteiger partial charge >= 0.3 is 6.55 Å². The Labute approximate surface area is 146 Å². The number of hydrogen-bond acceptors (Lipinski definition) is 4. The molecule has 1 atom stereocenters. The zero-order valence-electron chi connectivity index (χ0n) is 13.5. The van der Waals surface area contributed by atoms with Crippen LogP contribution in [-0.4, -0.2) is 38.4 Å². The Bertz CT molecular complexity index is 924. The van der Waals surface area contributed by atoms with Gasteiger partial charge < -0.3 is 4.90 Å². The fourth-order valence-corrected chi connectivity index (χ4v) is 3.44. The van der Waals surface area contributed by atoms with E-state index in [1.165, 1.54) is 17.3 Å². The van der Waals surface area contributed by atoms with Crippen LogP contribution in [0.4, 0.5) is 8.78 Å². The highest BCUT2D eigenvalue weighted by Crippen LogP contribution is 2.34. The molecule has 2 aliphatic rings. The van der Waals surface area contributed by atoms with Gasteiger partial charge in [0, 0.05) is 30.3 Å². The lowest BCUT2D eigenvalue weighted by Gasteiger charge is -2.29. The minimum atomic E-state index is -2.75. The van der Waals surface area contributed by atoms with Crippen LogP contribution < -0.4 is 5.32 Å². The van der Waals surface area contributed by atoms with Gasteiger partial charge in [-0.2, -0.15) is 13.9 Å². The molecule has 0 spiro atoms. The summed E-state index contributed by atoms with van der Waals surface area (Å²) >= 11 is 0. The van der Waals surface area contributed by atoms with Crippen LogP contribution in [0, 0.1) is 0 Å². The van der Waals surface area contributed by atoms with Crippen molar-refractivity contribution < 1.29 is 23.2 Å². The maximum absolute atomic E-state index is 12.8. The number of hydrogen-bond donors (Lipinski definition) is 1. The second kappa shape index (κ2) is 6.01. The van der Waals surface area contributed by atoms with E-state index < -0.39 is 18.5 Å². The third-order valence-corrected chi connectivity index (χ3v) is 4.69. The molecule has 1 aromatic carbocycles. The van der Waals surface area contributed by atoms with Crippen LogP contribution in [0.15, 0.2) is 30.6 Å². The third kappa shape index (κ3) is 2.56. The van der Waals surface area contributed by atoms with E-state index >= 15 is 0 Å². The highest BCUT2D eigenvalue weighted by molar-refractivity contribution is 6.06. The molecule has 4 rings (SSSR count). The summed E-state index contributed by atoms with van der Waals surface area (Å²) in [5.74, 6) is -1.15. The van der Waals surface area contributed by atoms with Crippen LogP contribution in [0.1, 0.15) is 35.3 Å². The van der Waals surface area contributed by atoms with E-state index in [9.17, 15) is 23.2 Å². The van der Waals surface area contributed by atoms with Crippen LogP contribution >= 0.6 is 0 Å². The summed E-state index contributed by atoms with van der Waals surface area (Å²) in [6, 6.07) is 4.32. The molecule has 7 nitrogen and oxygen atoms in total. The average molecular weight is 360 g/mol. The van der Waals surface area contributed by atoms with Gasteiger partial charge in [-0.3, -0.25) is 19.7 Å². The second-order valence-electron chi connectivity index (χ2n) is 6.22. The fourth-order valence-electron chi connectivity index (χ4n) is 3.44. The van der Waals surface area contributed by atoms with Crippen molar-refractivity contribution in [3.63, 3.8) is 0 Å². The Kier molecular flexibility index (Phi) is 3.78. The van der Waals surface area contributed by atoms with Crippen molar-refractivity contribution in [3.05, 3.63) is 41.7 Å². The first-order chi connectivity index (χ1) is 12.5. The SMILES string of the molecule is O=C1CCC(N2Cc3c(cccc3-c3cnn(C(F)F)c3)C2=O)C(=O)N1. The number of nitrogens with zero attached hydrogens (tertiary/aromatic N) is 3. The summed E-state index contributed by atoms with van der Waals surface area (Å²) in [6.45, 7) is -2.57. The predicted octanol–water partition coefficient (Wildman–Crippen LogP) is 1.71. The maximum Gasteiger partial charge on any atom is 0.333 e. The summed E-state index contributed by atoms with van der Waals surface area (Å²) in [5, 5.41) is 5.88. The number of carbonyl (C=O) groups excluding carboxylic acids is 3. The lowest BCUT2D eigenvalue weighted by Crippen LogP contribution is -2.52.